The Kier molecular flexibility index (Phi) is 4.74. The van der Waals surface area contributed by atoms with Gasteiger partial charge in [-0.05, 0) is 12.5 Å². The van der Waals surface area contributed by atoms with Gasteiger partial charge in [0.15, 0.2) is 0 Å². The van der Waals surface area contributed by atoms with Gasteiger partial charge in [0, 0.05) is 17.3 Å². The summed E-state index contributed by atoms with van der Waals surface area (Å²) in [6, 6.07) is 1.49. The molecule has 0 atom stereocenters. The number of carbonyl (C=O) groups is 1. The number of carbonyl (C=O) groups excluding carboxylic acids is 1. The predicted octanol–water partition coefficient (Wildman–Crippen LogP) is 3.34. The lowest BCUT2D eigenvalue weighted by atomic mass is 10.3. The molecule has 1 N–H and O–H groups in total. The summed E-state index contributed by atoms with van der Waals surface area (Å²) in [5.41, 5.74) is 0.377. The number of aryl methyl sites for hydroxylation is 1. The fourth-order valence-corrected chi connectivity index (χ4v) is 2.47. The van der Waals surface area contributed by atoms with Gasteiger partial charge in [-0.3, -0.25) is 4.79 Å². The third kappa shape index (κ3) is 3.65. The second-order valence-corrected chi connectivity index (χ2v) is 5.72. The normalized spacial score (nSPS) is 10.5. The number of aromatic nitrogens is 2. The molecule has 0 fully saturated rings. The Balaban J connectivity index is 1.99. The predicted molar refractivity (Wildman–Crippen MR) is 76.9 cm³/mol. The van der Waals surface area contributed by atoms with Crippen LogP contribution in [0.25, 0.3) is 0 Å². The lowest BCUT2D eigenvalue weighted by Gasteiger charge is -2.03. The fraction of sp³-hybridized carbons (Fsp3) is 0.250. The van der Waals surface area contributed by atoms with Gasteiger partial charge >= 0.3 is 0 Å². The topological polar surface area (TPSA) is 54.9 Å². The first-order valence-corrected chi connectivity index (χ1v) is 7.20. The Hall–Kier alpha value is -1.17. The van der Waals surface area contributed by atoms with Gasteiger partial charge in [-0.2, -0.15) is 0 Å². The molecule has 0 spiro atoms. The highest BCUT2D eigenvalue weighted by atomic mass is 35.5. The van der Waals surface area contributed by atoms with Gasteiger partial charge in [-0.25, -0.2) is 9.97 Å². The van der Waals surface area contributed by atoms with Crippen molar-refractivity contribution < 1.29 is 4.79 Å². The molecule has 4 nitrogen and oxygen atoms in total. The number of amides is 1. The van der Waals surface area contributed by atoms with Crippen LogP contribution in [-0.4, -0.2) is 15.9 Å². The Morgan fingerprint density at radius 3 is 2.79 bits per heavy atom. The molecule has 2 aromatic heterocycles. The van der Waals surface area contributed by atoms with Gasteiger partial charge in [-0.1, -0.05) is 30.1 Å². The summed E-state index contributed by atoms with van der Waals surface area (Å²) in [7, 11) is 0. The van der Waals surface area contributed by atoms with Crippen molar-refractivity contribution in [2.45, 2.75) is 19.9 Å². The van der Waals surface area contributed by atoms with E-state index in [9.17, 15) is 4.79 Å². The maximum atomic E-state index is 11.9. The average Bonchev–Trinajstić information content (AvgIpc) is 2.87. The monoisotopic (exact) mass is 315 g/mol. The number of thiazole rings is 1. The van der Waals surface area contributed by atoms with Crippen molar-refractivity contribution in [3.05, 3.63) is 44.1 Å². The van der Waals surface area contributed by atoms with Crippen LogP contribution in [0.1, 0.15) is 27.2 Å². The van der Waals surface area contributed by atoms with Crippen LogP contribution in [0.5, 0.6) is 0 Å². The van der Waals surface area contributed by atoms with Gasteiger partial charge < -0.3 is 5.32 Å². The standard InChI is InChI=1S/C12H11Cl2N3OS/c1-2-8-5-15-10(19-8)6-17-12(18)7-3-9(13)11(14)16-4-7/h3-5H,2,6H2,1H3,(H,17,18). The number of pyridine rings is 1. The lowest BCUT2D eigenvalue weighted by Crippen LogP contribution is -2.22. The maximum Gasteiger partial charge on any atom is 0.253 e. The second-order valence-electron chi connectivity index (χ2n) is 3.75. The molecule has 7 heteroatoms. The largest absolute Gasteiger partial charge is 0.345 e. The quantitative estimate of drug-likeness (QED) is 0.880. The molecule has 19 heavy (non-hydrogen) atoms. The molecular weight excluding hydrogens is 305 g/mol. The molecule has 0 saturated carbocycles. The highest BCUT2D eigenvalue weighted by Crippen LogP contribution is 2.19. The van der Waals surface area contributed by atoms with E-state index in [2.05, 4.69) is 22.2 Å². The van der Waals surface area contributed by atoms with Gasteiger partial charge in [0.2, 0.25) is 0 Å². The molecule has 0 aliphatic carbocycles. The van der Waals surface area contributed by atoms with Gasteiger partial charge in [0.25, 0.3) is 5.91 Å². The van der Waals surface area contributed by atoms with Crippen LogP contribution in [0.4, 0.5) is 0 Å². The summed E-state index contributed by atoms with van der Waals surface area (Å²) >= 11 is 13.1. The number of hydrogen-bond donors (Lipinski definition) is 1. The van der Waals surface area contributed by atoms with Crippen molar-refractivity contribution in [3.63, 3.8) is 0 Å². The van der Waals surface area contributed by atoms with Crippen molar-refractivity contribution in [1.82, 2.24) is 15.3 Å². The number of nitrogens with zero attached hydrogens (tertiary/aromatic N) is 2. The zero-order valence-corrected chi connectivity index (χ0v) is 12.4. The minimum absolute atomic E-state index is 0.186. The van der Waals surface area contributed by atoms with E-state index < -0.39 is 0 Å². The van der Waals surface area contributed by atoms with Gasteiger partial charge in [-0.15, -0.1) is 11.3 Å². The molecule has 0 aliphatic heterocycles. The van der Waals surface area contributed by atoms with Crippen LogP contribution < -0.4 is 5.32 Å². The van der Waals surface area contributed by atoms with E-state index in [0.717, 1.165) is 11.4 Å². The van der Waals surface area contributed by atoms with Crippen molar-refractivity contribution in [1.29, 1.82) is 0 Å². The Morgan fingerprint density at radius 1 is 1.37 bits per heavy atom. The Labute approximate surface area is 124 Å². The number of hydrogen-bond acceptors (Lipinski definition) is 4. The molecule has 2 aromatic rings. The third-order valence-electron chi connectivity index (χ3n) is 2.41. The molecule has 0 saturated heterocycles. The van der Waals surface area contributed by atoms with Crippen molar-refractivity contribution in [3.8, 4) is 0 Å². The SMILES string of the molecule is CCc1cnc(CNC(=O)c2cnc(Cl)c(Cl)c2)s1. The molecular formula is C12H11Cl2N3OS. The van der Waals surface area contributed by atoms with Crippen LogP contribution in [0, 0.1) is 0 Å². The van der Waals surface area contributed by atoms with Gasteiger partial charge in [0.1, 0.15) is 10.2 Å². The molecule has 1 amide bonds. The zero-order chi connectivity index (χ0) is 13.8. The first-order valence-electron chi connectivity index (χ1n) is 5.63. The minimum Gasteiger partial charge on any atom is -0.345 e. The summed E-state index contributed by atoms with van der Waals surface area (Å²) in [5.74, 6) is -0.251. The highest BCUT2D eigenvalue weighted by molar-refractivity contribution is 7.11. The van der Waals surface area contributed by atoms with Crippen molar-refractivity contribution in [2.75, 3.05) is 0 Å². The lowest BCUT2D eigenvalue weighted by molar-refractivity contribution is 0.0950. The van der Waals surface area contributed by atoms with Crippen LogP contribution >= 0.6 is 34.5 Å². The summed E-state index contributed by atoms with van der Waals surface area (Å²) in [6.07, 6.45) is 4.16. The summed E-state index contributed by atoms with van der Waals surface area (Å²) in [4.78, 5) is 21.1. The fourth-order valence-electron chi connectivity index (χ4n) is 1.40. The van der Waals surface area contributed by atoms with Crippen LogP contribution in [-0.2, 0) is 13.0 Å². The smallest absolute Gasteiger partial charge is 0.253 e. The van der Waals surface area contributed by atoms with E-state index in [1.807, 2.05) is 6.20 Å². The number of halogens is 2. The second kappa shape index (κ2) is 6.32. The Morgan fingerprint density at radius 2 is 2.16 bits per heavy atom. The van der Waals surface area contributed by atoms with E-state index in [1.165, 1.54) is 17.1 Å². The molecule has 100 valence electrons. The van der Waals surface area contributed by atoms with Crippen LogP contribution in [0.3, 0.4) is 0 Å². The van der Waals surface area contributed by atoms with E-state index in [-0.39, 0.29) is 16.1 Å². The summed E-state index contributed by atoms with van der Waals surface area (Å²) in [6.45, 7) is 2.46. The molecule has 0 radical (unpaired) electrons. The number of nitrogens with one attached hydrogen (secondary N) is 1. The summed E-state index contributed by atoms with van der Waals surface area (Å²) < 4.78 is 0. The van der Waals surface area contributed by atoms with E-state index in [0.29, 0.717) is 12.1 Å². The Bertz CT molecular complexity index is 600. The number of rotatable bonds is 4. The molecule has 0 unspecified atom stereocenters. The maximum absolute atomic E-state index is 11.9. The average molecular weight is 316 g/mol. The first-order chi connectivity index (χ1) is 9.10. The van der Waals surface area contributed by atoms with Crippen molar-refractivity contribution >= 4 is 40.4 Å². The summed E-state index contributed by atoms with van der Waals surface area (Å²) in [5, 5.41) is 4.09. The molecule has 0 aliphatic rings. The van der Waals surface area contributed by atoms with Crippen LogP contribution in [0.2, 0.25) is 10.2 Å². The van der Waals surface area contributed by atoms with Crippen LogP contribution in [0.15, 0.2) is 18.5 Å². The van der Waals surface area contributed by atoms with E-state index in [1.54, 1.807) is 11.3 Å². The van der Waals surface area contributed by atoms with Crippen molar-refractivity contribution in [2.24, 2.45) is 0 Å². The van der Waals surface area contributed by atoms with E-state index in [4.69, 9.17) is 23.2 Å². The molecule has 2 heterocycles. The molecule has 0 bridgehead atoms. The highest BCUT2D eigenvalue weighted by Gasteiger charge is 2.09. The third-order valence-corrected chi connectivity index (χ3v) is 4.24. The minimum atomic E-state index is -0.251. The van der Waals surface area contributed by atoms with E-state index >= 15 is 0 Å². The molecule has 2 rings (SSSR count). The molecule has 0 aromatic carbocycles. The zero-order valence-electron chi connectivity index (χ0n) is 10.1. The van der Waals surface area contributed by atoms with Gasteiger partial charge in [0.05, 0.1) is 17.1 Å². The first kappa shape index (κ1) is 14.2.